The van der Waals surface area contributed by atoms with E-state index in [0.717, 1.165) is 32.5 Å². The van der Waals surface area contributed by atoms with Gasteiger partial charge in [-0.2, -0.15) is 0 Å². The minimum absolute atomic E-state index is 0.187. The van der Waals surface area contributed by atoms with Gasteiger partial charge in [-0.05, 0) is 46.5 Å². The summed E-state index contributed by atoms with van der Waals surface area (Å²) in [7, 11) is 0. The molecule has 1 heterocycles. The number of carbonyl (C=O) groups is 1. The SMILES string of the molecule is C=CCNC(C)C1CCCN(C(=O)OC(C)(C)C)C1. The molecule has 1 aliphatic heterocycles. The van der Waals surface area contributed by atoms with Gasteiger partial charge in [0.2, 0.25) is 0 Å². The van der Waals surface area contributed by atoms with Crippen molar-refractivity contribution in [3.05, 3.63) is 12.7 Å². The molecule has 0 bridgehead atoms. The molecule has 1 fully saturated rings. The number of carbonyl (C=O) groups excluding carboxylic acids is 1. The van der Waals surface area contributed by atoms with Crippen molar-refractivity contribution in [1.82, 2.24) is 10.2 Å². The lowest BCUT2D eigenvalue weighted by Crippen LogP contribution is -2.48. The van der Waals surface area contributed by atoms with Gasteiger partial charge >= 0.3 is 6.09 Å². The number of piperidine rings is 1. The predicted octanol–water partition coefficient (Wildman–Crippen LogP) is 2.80. The van der Waals surface area contributed by atoms with Crippen LogP contribution in [0.2, 0.25) is 0 Å². The summed E-state index contributed by atoms with van der Waals surface area (Å²) in [5.74, 6) is 0.487. The van der Waals surface area contributed by atoms with Crippen LogP contribution in [0.25, 0.3) is 0 Å². The second-order valence-corrected chi connectivity index (χ2v) is 6.31. The van der Waals surface area contributed by atoms with E-state index in [1.807, 2.05) is 31.7 Å². The molecule has 0 aromatic rings. The maximum Gasteiger partial charge on any atom is 0.410 e. The standard InChI is InChI=1S/C15H28N2O2/c1-6-9-16-12(2)13-8-7-10-17(11-13)14(18)19-15(3,4)5/h6,12-13,16H,1,7-11H2,2-5H3. The summed E-state index contributed by atoms with van der Waals surface area (Å²) in [6, 6.07) is 0.392. The number of rotatable bonds is 4. The monoisotopic (exact) mass is 268 g/mol. The molecule has 0 radical (unpaired) electrons. The minimum Gasteiger partial charge on any atom is -0.444 e. The second-order valence-electron chi connectivity index (χ2n) is 6.31. The zero-order valence-corrected chi connectivity index (χ0v) is 12.7. The summed E-state index contributed by atoms with van der Waals surface area (Å²) in [6.07, 6.45) is 3.88. The van der Waals surface area contributed by atoms with Gasteiger partial charge in [0.1, 0.15) is 5.60 Å². The largest absolute Gasteiger partial charge is 0.444 e. The van der Waals surface area contributed by atoms with E-state index < -0.39 is 5.60 Å². The second kappa shape index (κ2) is 6.94. The Kier molecular flexibility index (Phi) is 5.85. The highest BCUT2D eigenvalue weighted by Gasteiger charge is 2.29. The summed E-state index contributed by atoms with van der Waals surface area (Å²) < 4.78 is 5.44. The fourth-order valence-electron chi connectivity index (χ4n) is 2.35. The molecule has 1 N–H and O–H groups in total. The van der Waals surface area contributed by atoms with Crippen LogP contribution in [0.3, 0.4) is 0 Å². The summed E-state index contributed by atoms with van der Waals surface area (Å²) in [6.45, 7) is 14.0. The van der Waals surface area contributed by atoms with Crippen molar-refractivity contribution in [2.75, 3.05) is 19.6 Å². The molecule has 0 aliphatic carbocycles. The van der Waals surface area contributed by atoms with E-state index in [9.17, 15) is 4.79 Å². The number of nitrogens with zero attached hydrogens (tertiary/aromatic N) is 1. The zero-order chi connectivity index (χ0) is 14.5. The van der Waals surface area contributed by atoms with Gasteiger partial charge in [-0.3, -0.25) is 0 Å². The molecule has 1 rings (SSSR count). The molecule has 1 saturated heterocycles. The number of hydrogen-bond donors (Lipinski definition) is 1. The average molecular weight is 268 g/mol. The average Bonchev–Trinajstić information content (AvgIpc) is 2.34. The summed E-state index contributed by atoms with van der Waals surface area (Å²) in [5, 5.41) is 3.41. The zero-order valence-electron chi connectivity index (χ0n) is 12.7. The molecule has 0 aromatic heterocycles. The number of ether oxygens (including phenoxy) is 1. The van der Waals surface area contributed by atoms with Gasteiger partial charge in [0.25, 0.3) is 0 Å². The lowest BCUT2D eigenvalue weighted by Gasteiger charge is -2.36. The van der Waals surface area contributed by atoms with E-state index >= 15 is 0 Å². The van der Waals surface area contributed by atoms with Crippen molar-refractivity contribution >= 4 is 6.09 Å². The van der Waals surface area contributed by atoms with Gasteiger partial charge in [-0.1, -0.05) is 6.08 Å². The fraction of sp³-hybridized carbons (Fsp3) is 0.800. The third-order valence-electron chi connectivity index (χ3n) is 3.40. The highest BCUT2D eigenvalue weighted by Crippen LogP contribution is 2.21. The molecule has 4 heteroatoms. The quantitative estimate of drug-likeness (QED) is 0.797. The van der Waals surface area contributed by atoms with Crippen molar-refractivity contribution < 1.29 is 9.53 Å². The van der Waals surface area contributed by atoms with E-state index in [0.29, 0.717) is 12.0 Å². The first-order chi connectivity index (χ1) is 8.83. The van der Waals surface area contributed by atoms with Crippen molar-refractivity contribution in [3.8, 4) is 0 Å². The molecule has 1 amide bonds. The normalized spacial score (nSPS) is 21.9. The molecule has 110 valence electrons. The number of likely N-dealkylation sites (tertiary alicyclic amines) is 1. The molecule has 0 aromatic carbocycles. The molecule has 19 heavy (non-hydrogen) atoms. The third kappa shape index (κ3) is 5.64. The van der Waals surface area contributed by atoms with Crippen molar-refractivity contribution in [1.29, 1.82) is 0 Å². The van der Waals surface area contributed by atoms with Gasteiger partial charge in [0.15, 0.2) is 0 Å². The number of nitrogens with one attached hydrogen (secondary N) is 1. The van der Waals surface area contributed by atoms with Crippen LogP contribution in [-0.2, 0) is 4.74 Å². The Balaban J connectivity index is 2.49. The molecular weight excluding hydrogens is 240 g/mol. The maximum absolute atomic E-state index is 12.1. The molecule has 0 spiro atoms. The van der Waals surface area contributed by atoms with Gasteiger partial charge in [0.05, 0.1) is 0 Å². The topological polar surface area (TPSA) is 41.6 Å². The maximum atomic E-state index is 12.1. The van der Waals surface area contributed by atoms with Crippen LogP contribution in [0.15, 0.2) is 12.7 Å². The Bertz CT molecular complexity index is 310. The molecule has 4 nitrogen and oxygen atoms in total. The lowest BCUT2D eigenvalue weighted by molar-refractivity contribution is 0.0149. The lowest BCUT2D eigenvalue weighted by atomic mass is 9.92. The third-order valence-corrected chi connectivity index (χ3v) is 3.40. The van der Waals surface area contributed by atoms with Crippen LogP contribution >= 0.6 is 0 Å². The van der Waals surface area contributed by atoms with Crippen LogP contribution < -0.4 is 5.32 Å². The van der Waals surface area contributed by atoms with Crippen molar-refractivity contribution in [2.24, 2.45) is 5.92 Å². The molecule has 2 atom stereocenters. The Hall–Kier alpha value is -1.03. The molecule has 2 unspecified atom stereocenters. The van der Waals surface area contributed by atoms with Crippen LogP contribution in [0.4, 0.5) is 4.79 Å². The van der Waals surface area contributed by atoms with E-state index in [2.05, 4.69) is 18.8 Å². The van der Waals surface area contributed by atoms with Gasteiger partial charge < -0.3 is 15.0 Å². The Morgan fingerprint density at radius 3 is 2.84 bits per heavy atom. The van der Waals surface area contributed by atoms with Gasteiger partial charge in [-0.25, -0.2) is 4.79 Å². The molecule has 1 aliphatic rings. The summed E-state index contributed by atoms with van der Waals surface area (Å²) in [5.41, 5.74) is -0.420. The fourth-order valence-corrected chi connectivity index (χ4v) is 2.35. The minimum atomic E-state index is -0.420. The Morgan fingerprint density at radius 1 is 1.58 bits per heavy atom. The highest BCUT2D eigenvalue weighted by atomic mass is 16.6. The van der Waals surface area contributed by atoms with Gasteiger partial charge in [0, 0.05) is 25.7 Å². The van der Waals surface area contributed by atoms with E-state index in [1.54, 1.807) is 0 Å². The van der Waals surface area contributed by atoms with E-state index in [4.69, 9.17) is 4.74 Å². The van der Waals surface area contributed by atoms with E-state index in [-0.39, 0.29) is 6.09 Å². The van der Waals surface area contributed by atoms with Crippen LogP contribution in [0.5, 0.6) is 0 Å². The molecule has 0 saturated carbocycles. The van der Waals surface area contributed by atoms with Crippen LogP contribution in [0.1, 0.15) is 40.5 Å². The molecular formula is C15H28N2O2. The first kappa shape index (κ1) is 16.0. The number of amides is 1. The summed E-state index contributed by atoms with van der Waals surface area (Å²) in [4.78, 5) is 13.9. The number of hydrogen-bond acceptors (Lipinski definition) is 3. The first-order valence-electron chi connectivity index (χ1n) is 7.15. The van der Waals surface area contributed by atoms with E-state index in [1.165, 1.54) is 0 Å². The van der Waals surface area contributed by atoms with Crippen molar-refractivity contribution in [3.63, 3.8) is 0 Å². The highest BCUT2D eigenvalue weighted by molar-refractivity contribution is 5.68. The Labute approximate surface area is 117 Å². The Morgan fingerprint density at radius 2 is 2.26 bits per heavy atom. The summed E-state index contributed by atoms with van der Waals surface area (Å²) >= 11 is 0. The first-order valence-corrected chi connectivity index (χ1v) is 7.15. The predicted molar refractivity (Wildman–Crippen MR) is 78.2 cm³/mol. The van der Waals surface area contributed by atoms with Crippen molar-refractivity contribution in [2.45, 2.75) is 52.2 Å². The van der Waals surface area contributed by atoms with Crippen LogP contribution in [-0.4, -0.2) is 42.3 Å². The van der Waals surface area contributed by atoms with Crippen LogP contribution in [0, 0.1) is 5.92 Å². The van der Waals surface area contributed by atoms with Gasteiger partial charge in [-0.15, -0.1) is 6.58 Å². The smallest absolute Gasteiger partial charge is 0.410 e.